The molecule has 5 nitrogen and oxygen atoms in total. The Labute approximate surface area is 117 Å². The van der Waals surface area contributed by atoms with E-state index in [1.165, 1.54) is 18.5 Å². The number of hydrogen-bond acceptors (Lipinski definition) is 4. The molecule has 2 aromatic rings. The molecule has 2 rings (SSSR count). The maximum atomic E-state index is 11.2. The lowest BCUT2D eigenvalue weighted by Crippen LogP contribution is -2.05. The molecule has 0 aromatic carbocycles. The van der Waals surface area contributed by atoms with Gasteiger partial charge in [-0.25, -0.2) is 9.78 Å². The van der Waals surface area contributed by atoms with Crippen molar-refractivity contribution < 1.29 is 14.6 Å². The van der Waals surface area contributed by atoms with Gasteiger partial charge in [0.1, 0.15) is 0 Å². The molecular formula is C15H16N2O3. The second-order valence-electron chi connectivity index (χ2n) is 4.82. The highest BCUT2D eigenvalue weighted by molar-refractivity contribution is 5.95. The highest BCUT2D eigenvalue weighted by Gasteiger charge is 2.11. The fraction of sp³-hybridized carbons (Fsp3) is 0.267. The fourth-order valence-corrected chi connectivity index (χ4v) is 1.69. The number of pyridine rings is 2. The predicted octanol–water partition coefficient (Wildman–Crippen LogP) is 2.88. The van der Waals surface area contributed by atoms with E-state index in [2.05, 4.69) is 23.8 Å². The van der Waals surface area contributed by atoms with E-state index >= 15 is 0 Å². The normalized spacial score (nSPS) is 10.6. The number of aromatic nitrogens is 2. The van der Waals surface area contributed by atoms with E-state index in [0.717, 1.165) is 0 Å². The summed E-state index contributed by atoms with van der Waals surface area (Å²) in [5, 5.41) is 9.15. The van der Waals surface area contributed by atoms with Crippen LogP contribution in [0.25, 0.3) is 11.1 Å². The van der Waals surface area contributed by atoms with Gasteiger partial charge in [0.15, 0.2) is 0 Å². The summed E-state index contributed by atoms with van der Waals surface area (Å²) in [5.74, 6) is -0.0286. The summed E-state index contributed by atoms with van der Waals surface area (Å²) < 4.78 is 5.49. The van der Waals surface area contributed by atoms with Crippen molar-refractivity contribution in [3.63, 3.8) is 0 Å². The van der Waals surface area contributed by atoms with Crippen molar-refractivity contribution in [1.82, 2.24) is 9.97 Å². The number of ether oxygens (including phenoxy) is 1. The number of carbonyl (C=O) groups is 1. The summed E-state index contributed by atoms with van der Waals surface area (Å²) in [6.07, 6.45) is 4.58. The minimum atomic E-state index is -0.984. The molecule has 1 N–H and O–H groups in total. The summed E-state index contributed by atoms with van der Waals surface area (Å²) in [6, 6.07) is 4.99. The van der Waals surface area contributed by atoms with Crippen LogP contribution in [0.3, 0.4) is 0 Å². The Bertz CT molecular complexity index is 594. The first-order valence-corrected chi connectivity index (χ1v) is 6.34. The Balaban J connectivity index is 2.24. The largest absolute Gasteiger partial charge is 0.478 e. The van der Waals surface area contributed by atoms with Crippen LogP contribution in [0.1, 0.15) is 24.2 Å². The van der Waals surface area contributed by atoms with E-state index in [1.54, 1.807) is 18.3 Å². The van der Waals surface area contributed by atoms with Crippen LogP contribution in [0.4, 0.5) is 0 Å². The molecule has 0 radical (unpaired) electrons. The zero-order valence-electron chi connectivity index (χ0n) is 11.4. The molecule has 2 heterocycles. The second kappa shape index (κ2) is 6.14. The number of hydrogen-bond donors (Lipinski definition) is 1. The average Bonchev–Trinajstić information content (AvgIpc) is 2.45. The van der Waals surface area contributed by atoms with E-state index in [-0.39, 0.29) is 5.56 Å². The van der Waals surface area contributed by atoms with Crippen molar-refractivity contribution in [2.24, 2.45) is 5.92 Å². The first-order chi connectivity index (χ1) is 9.58. The second-order valence-corrected chi connectivity index (χ2v) is 4.82. The zero-order chi connectivity index (χ0) is 14.5. The highest BCUT2D eigenvalue weighted by atomic mass is 16.5. The third-order valence-corrected chi connectivity index (χ3v) is 2.66. The van der Waals surface area contributed by atoms with Crippen LogP contribution in [0.2, 0.25) is 0 Å². The van der Waals surface area contributed by atoms with Crippen LogP contribution in [0.15, 0.2) is 36.8 Å². The van der Waals surface area contributed by atoms with Crippen molar-refractivity contribution in [1.29, 1.82) is 0 Å². The average molecular weight is 272 g/mol. The minimum absolute atomic E-state index is 0.206. The molecule has 5 heteroatoms. The van der Waals surface area contributed by atoms with E-state index in [0.29, 0.717) is 29.5 Å². The molecule has 20 heavy (non-hydrogen) atoms. The van der Waals surface area contributed by atoms with Crippen LogP contribution in [0, 0.1) is 5.92 Å². The molecular weight excluding hydrogens is 256 g/mol. The molecule has 0 aliphatic heterocycles. The maximum absolute atomic E-state index is 11.2. The van der Waals surface area contributed by atoms with Crippen molar-refractivity contribution >= 4 is 5.97 Å². The van der Waals surface area contributed by atoms with E-state index in [9.17, 15) is 4.79 Å². The van der Waals surface area contributed by atoms with Gasteiger partial charge in [0.05, 0.1) is 12.2 Å². The number of carboxylic acids is 1. The lowest BCUT2D eigenvalue weighted by molar-refractivity contribution is 0.0697. The molecule has 0 unspecified atom stereocenters. The van der Waals surface area contributed by atoms with Crippen LogP contribution >= 0.6 is 0 Å². The first-order valence-electron chi connectivity index (χ1n) is 6.34. The molecule has 0 aliphatic rings. The van der Waals surface area contributed by atoms with Crippen molar-refractivity contribution in [2.45, 2.75) is 13.8 Å². The number of rotatable bonds is 5. The van der Waals surface area contributed by atoms with Crippen LogP contribution in [0.5, 0.6) is 5.88 Å². The lowest BCUT2D eigenvalue weighted by atomic mass is 10.0. The minimum Gasteiger partial charge on any atom is -0.478 e. The van der Waals surface area contributed by atoms with Gasteiger partial charge in [-0.05, 0) is 18.1 Å². The van der Waals surface area contributed by atoms with Crippen LogP contribution < -0.4 is 4.74 Å². The summed E-state index contributed by atoms with van der Waals surface area (Å²) in [4.78, 5) is 19.3. The van der Waals surface area contributed by atoms with E-state index in [4.69, 9.17) is 9.84 Å². The quantitative estimate of drug-likeness (QED) is 0.906. The SMILES string of the molecule is CC(C)COc1ccc(-c2cnccc2C(=O)O)cn1. The summed E-state index contributed by atoms with van der Waals surface area (Å²) in [7, 11) is 0. The Morgan fingerprint density at radius 2 is 2.10 bits per heavy atom. The Morgan fingerprint density at radius 1 is 1.30 bits per heavy atom. The summed E-state index contributed by atoms with van der Waals surface area (Å²) >= 11 is 0. The van der Waals surface area contributed by atoms with Crippen LogP contribution in [-0.4, -0.2) is 27.7 Å². The highest BCUT2D eigenvalue weighted by Crippen LogP contribution is 2.23. The van der Waals surface area contributed by atoms with Gasteiger partial charge in [-0.2, -0.15) is 0 Å². The smallest absolute Gasteiger partial charge is 0.336 e. The number of carboxylic acid groups (broad SMARTS) is 1. The Morgan fingerprint density at radius 3 is 2.70 bits per heavy atom. The molecule has 104 valence electrons. The first kappa shape index (κ1) is 14.0. The molecule has 0 saturated carbocycles. The van der Waals surface area contributed by atoms with Crippen molar-refractivity contribution in [2.75, 3.05) is 6.61 Å². The van der Waals surface area contributed by atoms with Crippen molar-refractivity contribution in [3.05, 3.63) is 42.4 Å². The maximum Gasteiger partial charge on any atom is 0.336 e. The lowest BCUT2D eigenvalue weighted by Gasteiger charge is -2.09. The molecule has 0 aliphatic carbocycles. The van der Waals surface area contributed by atoms with Gasteiger partial charge in [0.2, 0.25) is 5.88 Å². The molecule has 0 fully saturated rings. The van der Waals surface area contributed by atoms with Gasteiger partial charge in [-0.3, -0.25) is 4.98 Å². The molecule has 0 spiro atoms. The molecule has 0 bridgehead atoms. The zero-order valence-corrected chi connectivity index (χ0v) is 11.4. The third-order valence-electron chi connectivity index (χ3n) is 2.66. The topological polar surface area (TPSA) is 72.3 Å². The molecule has 2 aromatic heterocycles. The third kappa shape index (κ3) is 3.32. The van der Waals surface area contributed by atoms with Crippen molar-refractivity contribution in [3.8, 4) is 17.0 Å². The standard InChI is InChI=1S/C15H16N2O3/c1-10(2)9-20-14-4-3-11(7-17-14)13-8-16-6-5-12(13)15(18)19/h3-8,10H,9H2,1-2H3,(H,18,19). The van der Waals surface area contributed by atoms with E-state index < -0.39 is 5.97 Å². The summed E-state index contributed by atoms with van der Waals surface area (Å²) in [5.41, 5.74) is 1.45. The Hall–Kier alpha value is -2.43. The van der Waals surface area contributed by atoms with Gasteiger partial charge in [0, 0.05) is 35.8 Å². The monoisotopic (exact) mass is 272 g/mol. The predicted molar refractivity (Wildman–Crippen MR) is 74.8 cm³/mol. The molecule has 0 saturated heterocycles. The van der Waals surface area contributed by atoms with Gasteiger partial charge in [-0.1, -0.05) is 13.8 Å². The van der Waals surface area contributed by atoms with Gasteiger partial charge in [0.25, 0.3) is 0 Å². The number of aromatic carboxylic acids is 1. The van der Waals surface area contributed by atoms with Gasteiger partial charge in [-0.15, -0.1) is 0 Å². The summed E-state index contributed by atoms with van der Waals surface area (Å²) in [6.45, 7) is 4.71. The van der Waals surface area contributed by atoms with E-state index in [1.807, 2.05) is 0 Å². The van der Waals surface area contributed by atoms with Gasteiger partial charge >= 0.3 is 5.97 Å². The van der Waals surface area contributed by atoms with Crippen LogP contribution in [-0.2, 0) is 0 Å². The fourth-order valence-electron chi connectivity index (χ4n) is 1.69. The molecule has 0 amide bonds. The Kier molecular flexibility index (Phi) is 4.30. The molecule has 0 atom stereocenters. The van der Waals surface area contributed by atoms with Gasteiger partial charge < -0.3 is 9.84 Å². The number of nitrogens with zero attached hydrogens (tertiary/aromatic N) is 2.